The molecular formula is C27H21N3O4. The van der Waals surface area contributed by atoms with Gasteiger partial charge in [-0.1, -0.05) is 54.6 Å². The van der Waals surface area contributed by atoms with E-state index in [4.69, 9.17) is 9.47 Å². The first-order valence-electron chi connectivity index (χ1n) is 11.2. The summed E-state index contributed by atoms with van der Waals surface area (Å²) in [6.45, 7) is 0.481. The molecule has 0 saturated heterocycles. The van der Waals surface area contributed by atoms with Crippen LogP contribution in [-0.2, 0) is 13.0 Å². The molecule has 2 N–H and O–H groups in total. The fourth-order valence-corrected chi connectivity index (χ4v) is 5.28. The lowest BCUT2D eigenvalue weighted by Crippen LogP contribution is -2.32. The van der Waals surface area contributed by atoms with Crippen LogP contribution in [0.5, 0.6) is 17.4 Å². The molecule has 0 amide bonds. The van der Waals surface area contributed by atoms with Crippen LogP contribution in [0.25, 0.3) is 10.9 Å². The molecule has 7 nitrogen and oxygen atoms in total. The van der Waals surface area contributed by atoms with Crippen LogP contribution < -0.4 is 15.2 Å². The quantitative estimate of drug-likeness (QED) is 0.424. The summed E-state index contributed by atoms with van der Waals surface area (Å²) in [5.74, 6) is 1.35. The maximum atomic E-state index is 13.8. The van der Waals surface area contributed by atoms with Crippen molar-refractivity contribution in [3.63, 3.8) is 0 Å². The van der Waals surface area contributed by atoms with Crippen molar-refractivity contribution in [3.05, 3.63) is 111 Å². The zero-order valence-corrected chi connectivity index (χ0v) is 18.2. The summed E-state index contributed by atoms with van der Waals surface area (Å²) in [5.41, 5.74) is 5.25. The molecule has 0 unspecified atom stereocenters. The number of H-pyrrole nitrogens is 1. The van der Waals surface area contributed by atoms with Gasteiger partial charge in [0.2, 0.25) is 12.7 Å². The predicted octanol–water partition coefficient (Wildman–Crippen LogP) is 4.16. The molecule has 0 fully saturated rings. The summed E-state index contributed by atoms with van der Waals surface area (Å²) in [4.78, 5) is 17.3. The number of hydrogen-bond acceptors (Lipinski definition) is 4. The summed E-state index contributed by atoms with van der Waals surface area (Å²) in [5, 5.41) is 12.4. The van der Waals surface area contributed by atoms with E-state index in [9.17, 15) is 9.90 Å². The molecule has 0 aliphatic carbocycles. The highest BCUT2D eigenvalue weighted by atomic mass is 16.7. The van der Waals surface area contributed by atoms with Gasteiger partial charge in [0.15, 0.2) is 11.5 Å². The Morgan fingerprint density at radius 3 is 2.65 bits per heavy atom. The summed E-state index contributed by atoms with van der Waals surface area (Å²) in [6.07, 6.45) is 0.462. The van der Waals surface area contributed by atoms with Crippen molar-refractivity contribution in [2.75, 3.05) is 6.79 Å². The van der Waals surface area contributed by atoms with Gasteiger partial charge in [-0.15, -0.1) is 0 Å². The number of fused-ring (bicyclic) bond motifs is 5. The van der Waals surface area contributed by atoms with Crippen molar-refractivity contribution < 1.29 is 14.6 Å². The summed E-state index contributed by atoms with van der Waals surface area (Å²) in [7, 11) is 0. The third-order valence-corrected chi connectivity index (χ3v) is 6.86. The van der Waals surface area contributed by atoms with Gasteiger partial charge in [0.1, 0.15) is 6.04 Å². The van der Waals surface area contributed by atoms with Crippen LogP contribution in [0.2, 0.25) is 0 Å². The number of aromatic nitrogens is 3. The van der Waals surface area contributed by atoms with E-state index in [2.05, 4.69) is 11.1 Å². The minimum atomic E-state index is -0.434. The van der Waals surface area contributed by atoms with Crippen molar-refractivity contribution in [3.8, 4) is 17.4 Å². The summed E-state index contributed by atoms with van der Waals surface area (Å²) < 4.78 is 14.3. The first kappa shape index (κ1) is 19.1. The van der Waals surface area contributed by atoms with Crippen molar-refractivity contribution in [2.24, 2.45) is 0 Å². The molecule has 7 heteroatoms. The minimum Gasteiger partial charge on any atom is -0.493 e. The van der Waals surface area contributed by atoms with E-state index in [0.29, 0.717) is 30.2 Å². The van der Waals surface area contributed by atoms with Crippen molar-refractivity contribution in [2.45, 2.75) is 19.0 Å². The molecule has 3 aromatic carbocycles. The second kappa shape index (κ2) is 7.05. The fraction of sp³-hybridized carbons (Fsp3) is 0.148. The number of nitrogens with one attached hydrogen (secondary N) is 1. The lowest BCUT2D eigenvalue weighted by atomic mass is 9.92. The molecular weight excluding hydrogens is 430 g/mol. The number of nitrogens with zero attached hydrogens (tertiary/aromatic N) is 2. The Balaban J connectivity index is 1.47. The Hall–Kier alpha value is -4.39. The molecule has 0 radical (unpaired) electrons. The molecule has 2 aliphatic rings. The lowest BCUT2D eigenvalue weighted by Gasteiger charge is -2.26. The molecule has 4 heterocycles. The molecule has 0 bridgehead atoms. The Kier molecular flexibility index (Phi) is 3.96. The molecule has 5 aromatic rings. The molecule has 2 aromatic heterocycles. The normalized spacial score (nSPS) is 15.9. The van der Waals surface area contributed by atoms with E-state index in [0.717, 1.165) is 33.3 Å². The Labute approximate surface area is 194 Å². The largest absolute Gasteiger partial charge is 0.493 e. The summed E-state index contributed by atoms with van der Waals surface area (Å²) in [6, 6.07) is 23.1. The van der Waals surface area contributed by atoms with Crippen molar-refractivity contribution in [1.29, 1.82) is 0 Å². The average Bonchev–Trinajstić information content (AvgIpc) is 3.55. The fourth-order valence-electron chi connectivity index (χ4n) is 5.28. The molecule has 2 aliphatic heterocycles. The molecule has 1 atom stereocenters. The summed E-state index contributed by atoms with van der Waals surface area (Å²) >= 11 is 0. The zero-order valence-electron chi connectivity index (χ0n) is 18.2. The van der Waals surface area contributed by atoms with E-state index < -0.39 is 6.04 Å². The van der Waals surface area contributed by atoms with Gasteiger partial charge in [-0.05, 0) is 34.9 Å². The maximum Gasteiger partial charge on any atom is 0.332 e. The molecule has 34 heavy (non-hydrogen) atoms. The molecule has 0 spiro atoms. The third kappa shape index (κ3) is 2.67. The van der Waals surface area contributed by atoms with E-state index in [-0.39, 0.29) is 18.4 Å². The standard InChI is InChI=1S/C27H21N3O4/c31-26-21-13-19-18-8-4-5-9-20(18)28-24(19)25(17-10-11-22-23(12-17)34-15-33-22)30(21)27(32)29(26)14-16-6-2-1-3-7-16/h1-12,25,28,31H,13-15H2/t25-/m0/s1. The number of benzene rings is 3. The van der Waals surface area contributed by atoms with Crippen LogP contribution >= 0.6 is 0 Å². The number of ether oxygens (including phenoxy) is 2. The Bertz CT molecular complexity index is 1630. The van der Waals surface area contributed by atoms with Gasteiger partial charge in [-0.3, -0.25) is 9.13 Å². The third-order valence-electron chi connectivity index (χ3n) is 6.86. The highest BCUT2D eigenvalue weighted by Gasteiger charge is 2.36. The van der Waals surface area contributed by atoms with E-state index in [1.807, 2.05) is 66.7 Å². The van der Waals surface area contributed by atoms with Gasteiger partial charge in [0, 0.05) is 23.0 Å². The van der Waals surface area contributed by atoms with Gasteiger partial charge < -0.3 is 19.6 Å². The minimum absolute atomic E-state index is 0.00975. The number of hydrogen-bond donors (Lipinski definition) is 2. The second-order valence-electron chi connectivity index (χ2n) is 8.75. The van der Waals surface area contributed by atoms with Crippen LogP contribution in [0.15, 0.2) is 77.6 Å². The first-order chi connectivity index (χ1) is 16.7. The average molecular weight is 451 g/mol. The predicted molar refractivity (Wildman–Crippen MR) is 127 cm³/mol. The molecule has 0 saturated carbocycles. The highest BCUT2D eigenvalue weighted by Crippen LogP contribution is 2.43. The maximum absolute atomic E-state index is 13.8. The zero-order chi connectivity index (χ0) is 22.8. The van der Waals surface area contributed by atoms with Crippen LogP contribution in [0.4, 0.5) is 0 Å². The van der Waals surface area contributed by atoms with Crippen LogP contribution in [0, 0.1) is 0 Å². The SMILES string of the molecule is O=c1n(Cc2ccccc2)c(O)c2n1[C@@H](c1ccc3c(c1)OCO3)c1[nH]c3ccccc3c1C2. The number of para-hydroxylation sites is 1. The topological polar surface area (TPSA) is 81.4 Å². The number of imidazole rings is 1. The smallest absolute Gasteiger partial charge is 0.332 e. The number of aromatic amines is 1. The van der Waals surface area contributed by atoms with Gasteiger partial charge in [0.25, 0.3) is 0 Å². The van der Waals surface area contributed by atoms with E-state index in [1.165, 1.54) is 4.57 Å². The number of rotatable bonds is 3. The lowest BCUT2D eigenvalue weighted by molar-refractivity contribution is 0.174. The highest BCUT2D eigenvalue weighted by molar-refractivity contribution is 5.86. The van der Waals surface area contributed by atoms with Crippen molar-refractivity contribution in [1.82, 2.24) is 14.1 Å². The Morgan fingerprint density at radius 2 is 1.76 bits per heavy atom. The second-order valence-corrected chi connectivity index (χ2v) is 8.75. The van der Waals surface area contributed by atoms with Gasteiger partial charge in [-0.2, -0.15) is 0 Å². The van der Waals surface area contributed by atoms with E-state index in [1.54, 1.807) is 4.57 Å². The van der Waals surface area contributed by atoms with Crippen molar-refractivity contribution >= 4 is 10.9 Å². The molecule has 7 rings (SSSR count). The van der Waals surface area contributed by atoms with Crippen LogP contribution in [-0.4, -0.2) is 26.0 Å². The number of aromatic hydroxyl groups is 1. The molecule has 168 valence electrons. The van der Waals surface area contributed by atoms with Crippen LogP contribution in [0.1, 0.15) is 34.1 Å². The van der Waals surface area contributed by atoms with Gasteiger partial charge in [0.05, 0.1) is 12.2 Å². The first-order valence-corrected chi connectivity index (χ1v) is 11.2. The van der Waals surface area contributed by atoms with Gasteiger partial charge in [-0.25, -0.2) is 4.79 Å². The monoisotopic (exact) mass is 451 g/mol. The van der Waals surface area contributed by atoms with E-state index >= 15 is 0 Å². The Morgan fingerprint density at radius 1 is 0.971 bits per heavy atom. The van der Waals surface area contributed by atoms with Crippen LogP contribution in [0.3, 0.4) is 0 Å². The van der Waals surface area contributed by atoms with Gasteiger partial charge >= 0.3 is 5.69 Å².